The Bertz CT molecular complexity index is 475. The summed E-state index contributed by atoms with van der Waals surface area (Å²) in [6.45, 7) is 3.47. The Kier molecular flexibility index (Phi) is 3.22. The van der Waals surface area contributed by atoms with Gasteiger partial charge in [-0.15, -0.1) is 0 Å². The third kappa shape index (κ3) is 2.04. The Morgan fingerprint density at radius 2 is 2.10 bits per heavy atom. The first-order valence-electron chi connectivity index (χ1n) is 7.23. The van der Waals surface area contributed by atoms with Crippen LogP contribution in [0.5, 0.6) is 0 Å². The molecule has 3 fully saturated rings. The minimum Gasteiger partial charge on any atom is -0.458 e. The summed E-state index contributed by atoms with van der Waals surface area (Å²) in [5.41, 5.74) is 0. The molecular weight excluding hydrogens is 289 g/mol. The van der Waals surface area contributed by atoms with Crippen LogP contribution < -0.4 is 0 Å². The highest BCUT2D eigenvalue weighted by Crippen LogP contribution is 2.62. The topological polar surface area (TPSA) is 52.6 Å². The van der Waals surface area contributed by atoms with Crippen LogP contribution in [0.15, 0.2) is 0 Å². The molecule has 1 heterocycles. The fourth-order valence-electron chi connectivity index (χ4n) is 4.01. The first-order valence-corrected chi connectivity index (χ1v) is 7.23. The van der Waals surface area contributed by atoms with Crippen LogP contribution in [0.25, 0.3) is 0 Å². The number of ether oxygens (including phenoxy) is 2. The molecule has 0 radical (unpaired) electrons. The molecule has 1 saturated heterocycles. The van der Waals surface area contributed by atoms with E-state index in [9.17, 15) is 22.8 Å². The molecule has 3 aliphatic rings. The standard InChI is InChI=1S/C14H17F3O4/c1-3-5(2)12(18)20-11-7-4-6-8(9(7)14(15,16)17)13(19)21-10(6)11/h5-11H,3-4H2,1-2H3. The second kappa shape index (κ2) is 4.61. The normalized spacial score (nSPS) is 42.0. The highest BCUT2D eigenvalue weighted by Gasteiger charge is 2.73. The maximum Gasteiger partial charge on any atom is 0.393 e. The fourth-order valence-corrected chi connectivity index (χ4v) is 4.01. The first kappa shape index (κ1) is 14.7. The number of rotatable bonds is 3. The lowest BCUT2D eigenvalue weighted by Crippen LogP contribution is -2.46. The van der Waals surface area contributed by atoms with Crippen LogP contribution in [0, 0.1) is 29.6 Å². The van der Waals surface area contributed by atoms with Gasteiger partial charge in [-0.2, -0.15) is 13.2 Å². The van der Waals surface area contributed by atoms with Gasteiger partial charge in [-0.05, 0) is 12.8 Å². The number of fused-ring (bicyclic) bond motifs is 1. The van der Waals surface area contributed by atoms with Crippen LogP contribution in [0.4, 0.5) is 13.2 Å². The summed E-state index contributed by atoms with van der Waals surface area (Å²) in [6.07, 6.45) is -5.33. The minimum atomic E-state index is -4.47. The summed E-state index contributed by atoms with van der Waals surface area (Å²) in [6, 6.07) is 0. The fraction of sp³-hybridized carbons (Fsp3) is 0.857. The third-order valence-corrected chi connectivity index (χ3v) is 5.19. The molecule has 7 heteroatoms. The van der Waals surface area contributed by atoms with E-state index in [2.05, 4.69) is 0 Å². The van der Waals surface area contributed by atoms with Gasteiger partial charge in [0, 0.05) is 11.8 Å². The number of esters is 2. The van der Waals surface area contributed by atoms with Gasteiger partial charge in [0.05, 0.1) is 17.8 Å². The van der Waals surface area contributed by atoms with Gasteiger partial charge in [0.2, 0.25) is 0 Å². The second-order valence-corrected chi connectivity index (χ2v) is 6.27. The van der Waals surface area contributed by atoms with E-state index in [0.29, 0.717) is 6.42 Å². The van der Waals surface area contributed by atoms with Crippen molar-refractivity contribution >= 4 is 11.9 Å². The van der Waals surface area contributed by atoms with E-state index in [1.54, 1.807) is 13.8 Å². The molecule has 2 bridgehead atoms. The molecule has 3 rings (SSSR count). The lowest BCUT2D eigenvalue weighted by molar-refractivity contribution is -0.212. The number of halogens is 3. The van der Waals surface area contributed by atoms with Gasteiger partial charge in [0.25, 0.3) is 0 Å². The van der Waals surface area contributed by atoms with Crippen LogP contribution in [0.3, 0.4) is 0 Å². The van der Waals surface area contributed by atoms with Crippen molar-refractivity contribution in [2.45, 2.75) is 45.1 Å². The van der Waals surface area contributed by atoms with Crippen molar-refractivity contribution in [2.75, 3.05) is 0 Å². The molecule has 1 aliphatic heterocycles. The third-order valence-electron chi connectivity index (χ3n) is 5.19. The van der Waals surface area contributed by atoms with Gasteiger partial charge >= 0.3 is 18.1 Å². The second-order valence-electron chi connectivity index (χ2n) is 6.27. The Hall–Kier alpha value is -1.27. The number of carbonyl (C=O) groups excluding carboxylic acids is 2. The zero-order chi connectivity index (χ0) is 15.5. The molecule has 0 spiro atoms. The molecule has 0 aromatic carbocycles. The van der Waals surface area contributed by atoms with E-state index in [0.717, 1.165) is 0 Å². The summed E-state index contributed by atoms with van der Waals surface area (Å²) in [5.74, 6) is -5.87. The number of carbonyl (C=O) groups is 2. The maximum absolute atomic E-state index is 13.2. The highest BCUT2D eigenvalue weighted by atomic mass is 19.4. The highest BCUT2D eigenvalue weighted by molar-refractivity contribution is 5.78. The van der Waals surface area contributed by atoms with Gasteiger partial charge in [-0.3, -0.25) is 9.59 Å². The van der Waals surface area contributed by atoms with Crippen molar-refractivity contribution in [3.8, 4) is 0 Å². The maximum atomic E-state index is 13.2. The number of hydrogen-bond donors (Lipinski definition) is 0. The first-order chi connectivity index (χ1) is 9.75. The van der Waals surface area contributed by atoms with Crippen molar-refractivity contribution < 1.29 is 32.2 Å². The monoisotopic (exact) mass is 306 g/mol. The smallest absolute Gasteiger partial charge is 0.393 e. The molecule has 2 aliphatic carbocycles. The lowest BCUT2D eigenvalue weighted by atomic mass is 9.78. The van der Waals surface area contributed by atoms with Crippen molar-refractivity contribution in [1.82, 2.24) is 0 Å². The SMILES string of the molecule is CCC(C)C(=O)OC1C2CC3C1OC(=O)C3C2C(F)(F)F. The molecule has 2 saturated carbocycles. The predicted octanol–water partition coefficient (Wildman–Crippen LogP) is 2.31. The van der Waals surface area contributed by atoms with Crippen LogP contribution >= 0.6 is 0 Å². The van der Waals surface area contributed by atoms with Crippen LogP contribution in [-0.2, 0) is 19.1 Å². The van der Waals surface area contributed by atoms with E-state index >= 15 is 0 Å². The number of alkyl halides is 3. The van der Waals surface area contributed by atoms with Crippen LogP contribution in [0.1, 0.15) is 26.7 Å². The van der Waals surface area contributed by atoms with Crippen LogP contribution in [-0.4, -0.2) is 30.3 Å². The molecule has 0 N–H and O–H groups in total. The van der Waals surface area contributed by atoms with E-state index in [1.807, 2.05) is 0 Å². The molecule has 4 nitrogen and oxygen atoms in total. The summed E-state index contributed by atoms with van der Waals surface area (Å²) < 4.78 is 50.1. The van der Waals surface area contributed by atoms with Crippen molar-refractivity contribution in [1.29, 1.82) is 0 Å². The summed E-state index contributed by atoms with van der Waals surface area (Å²) in [5, 5.41) is 0. The molecule has 7 unspecified atom stereocenters. The van der Waals surface area contributed by atoms with Crippen LogP contribution in [0.2, 0.25) is 0 Å². The minimum absolute atomic E-state index is 0.240. The predicted molar refractivity (Wildman–Crippen MR) is 63.8 cm³/mol. The lowest BCUT2D eigenvalue weighted by Gasteiger charge is -2.33. The van der Waals surface area contributed by atoms with Crippen molar-refractivity contribution in [3.05, 3.63) is 0 Å². The summed E-state index contributed by atoms with van der Waals surface area (Å²) in [4.78, 5) is 23.6. The molecular formula is C14H17F3O4. The van der Waals surface area contributed by atoms with Gasteiger partial charge < -0.3 is 9.47 Å². The molecule has 0 aromatic rings. The quantitative estimate of drug-likeness (QED) is 0.751. The molecule has 21 heavy (non-hydrogen) atoms. The molecule has 7 atom stereocenters. The molecule has 0 amide bonds. The Morgan fingerprint density at radius 3 is 2.67 bits per heavy atom. The largest absolute Gasteiger partial charge is 0.458 e. The Labute approximate surface area is 120 Å². The average molecular weight is 306 g/mol. The van der Waals surface area contributed by atoms with Gasteiger partial charge in [0.1, 0.15) is 12.2 Å². The molecule has 0 aromatic heterocycles. The van der Waals surface area contributed by atoms with E-state index in [4.69, 9.17) is 9.47 Å². The Balaban J connectivity index is 1.84. The van der Waals surface area contributed by atoms with E-state index in [1.165, 1.54) is 0 Å². The molecule has 118 valence electrons. The van der Waals surface area contributed by atoms with Crippen molar-refractivity contribution in [2.24, 2.45) is 29.6 Å². The average Bonchev–Trinajstić information content (AvgIpc) is 2.99. The van der Waals surface area contributed by atoms with Gasteiger partial charge in [0.15, 0.2) is 0 Å². The number of hydrogen-bond acceptors (Lipinski definition) is 4. The van der Waals surface area contributed by atoms with Gasteiger partial charge in [-0.1, -0.05) is 13.8 Å². The summed E-state index contributed by atoms with van der Waals surface area (Å²) in [7, 11) is 0. The zero-order valence-electron chi connectivity index (χ0n) is 11.7. The zero-order valence-corrected chi connectivity index (χ0v) is 11.7. The van der Waals surface area contributed by atoms with E-state index < -0.39 is 54.0 Å². The Morgan fingerprint density at radius 1 is 1.43 bits per heavy atom. The van der Waals surface area contributed by atoms with Gasteiger partial charge in [-0.25, -0.2) is 0 Å². The van der Waals surface area contributed by atoms with Crippen molar-refractivity contribution in [3.63, 3.8) is 0 Å². The van der Waals surface area contributed by atoms with E-state index in [-0.39, 0.29) is 12.3 Å². The summed E-state index contributed by atoms with van der Waals surface area (Å²) >= 11 is 0.